The second kappa shape index (κ2) is 28.3. The lowest BCUT2D eigenvalue weighted by molar-refractivity contribution is 0.0928. The number of benzene rings is 8. The first-order chi connectivity index (χ1) is 43.6. The molecule has 18 heteroatoms. The lowest BCUT2D eigenvalue weighted by atomic mass is 10.1. The summed E-state index contributed by atoms with van der Waals surface area (Å²) in [4.78, 5) is 49.5. The van der Waals surface area contributed by atoms with Gasteiger partial charge < -0.3 is 32.7 Å². The lowest BCUT2D eigenvalue weighted by Gasteiger charge is -2.15. The molecular weight excluding hydrogens is 1180 g/mol. The summed E-state index contributed by atoms with van der Waals surface area (Å²) in [6.07, 6.45) is 9.20. The van der Waals surface area contributed by atoms with E-state index in [0.29, 0.717) is 45.0 Å². The summed E-state index contributed by atoms with van der Waals surface area (Å²) in [5, 5.41) is 12.1. The van der Waals surface area contributed by atoms with Gasteiger partial charge in [-0.1, -0.05) is 95.1 Å². The quantitative estimate of drug-likeness (QED) is 0.0478. The average Bonchev–Trinajstić information content (AvgIpc) is 2.81. The molecule has 10 N–H and O–H groups in total. The molecule has 5 aliphatic carbocycles. The van der Waals surface area contributed by atoms with E-state index in [1.54, 1.807) is 104 Å². The molecule has 0 radical (unpaired) electrons. The van der Waals surface area contributed by atoms with Crippen LogP contribution in [-0.4, -0.2) is 51.5 Å². The summed E-state index contributed by atoms with van der Waals surface area (Å²) in [5.41, 5.74) is 31.1. The molecule has 0 bridgehead atoms. The summed E-state index contributed by atoms with van der Waals surface area (Å²) in [5.74, 6) is -0.356. The van der Waals surface area contributed by atoms with Crippen LogP contribution in [0.1, 0.15) is 178 Å². The monoisotopic (exact) mass is 1260 g/mol. The van der Waals surface area contributed by atoms with E-state index in [-0.39, 0.29) is 58.8 Å². The first-order valence-corrected chi connectivity index (χ1v) is 34.3. The van der Waals surface area contributed by atoms with Gasteiger partial charge in [0.25, 0.3) is 23.6 Å². The van der Waals surface area contributed by atoms with E-state index in [0.717, 1.165) is 64.2 Å². The molecule has 0 aromatic heterocycles. The number of nitrogens with two attached hydrogens (primary N) is 2. The van der Waals surface area contributed by atoms with Crippen molar-refractivity contribution in [2.75, 3.05) is 26.7 Å². The third-order valence-electron chi connectivity index (χ3n) is 17.2. The van der Waals surface area contributed by atoms with Gasteiger partial charge in [-0.25, -0.2) is 16.8 Å². The predicted octanol–water partition coefficient (Wildman–Crippen LogP) is 12.5. The fourth-order valence-corrected chi connectivity index (χ4v) is 14.1. The molecule has 472 valence electrons. The van der Waals surface area contributed by atoms with Crippen LogP contribution in [0, 0.1) is 27.7 Å². The zero-order valence-corrected chi connectivity index (χ0v) is 53.7. The summed E-state index contributed by atoms with van der Waals surface area (Å²) in [6, 6.07) is 53.0. The molecule has 1 fully saturated rings. The Morgan fingerprint density at radius 2 is 0.637 bits per heavy atom. The highest BCUT2D eigenvalue weighted by atomic mass is 32.2. The zero-order chi connectivity index (χ0) is 64.6. The zero-order valence-electron chi connectivity index (χ0n) is 52.1. The van der Waals surface area contributed by atoms with Gasteiger partial charge in [-0.15, -0.1) is 0 Å². The topological polar surface area (TPSA) is 261 Å². The molecule has 1 saturated carbocycles. The second-order valence-electron chi connectivity index (χ2n) is 24.3. The van der Waals surface area contributed by atoms with Crippen LogP contribution in [0.15, 0.2) is 170 Å². The molecule has 13 rings (SSSR count). The molecule has 0 aliphatic heterocycles. The fraction of sp³-hybridized carbons (Fsp3) is 0.288. The normalized spacial score (nSPS) is 17.3. The van der Waals surface area contributed by atoms with Gasteiger partial charge in [0.15, 0.2) is 0 Å². The van der Waals surface area contributed by atoms with E-state index in [1.807, 2.05) is 0 Å². The Morgan fingerprint density at radius 1 is 0.374 bits per heavy atom. The number of nitrogen functional groups attached to an aromatic ring is 2. The highest BCUT2D eigenvalue weighted by Gasteiger charge is 2.36. The number of rotatable bonds is 14. The number of nitrogens with one attached hydrogen (secondary N) is 6. The highest BCUT2D eigenvalue weighted by Crippen LogP contribution is 2.36. The van der Waals surface area contributed by atoms with Crippen molar-refractivity contribution in [2.24, 2.45) is 0 Å². The number of aryl methyl sites for hydroxylation is 8. The molecule has 16 nitrogen and oxygen atoms in total. The van der Waals surface area contributed by atoms with Gasteiger partial charge in [-0.05, 0) is 240 Å². The van der Waals surface area contributed by atoms with Crippen molar-refractivity contribution in [1.82, 2.24) is 21.3 Å². The molecule has 8 aromatic rings. The van der Waals surface area contributed by atoms with Crippen LogP contribution in [0.4, 0.5) is 22.7 Å². The number of sulfonamides is 2. The molecule has 8 aromatic carbocycles. The molecule has 0 saturated heterocycles. The Hall–Kier alpha value is -9.26. The maximum atomic E-state index is 12.5. The molecule has 4 atom stereocenters. The minimum atomic E-state index is -3.31. The van der Waals surface area contributed by atoms with Gasteiger partial charge in [0, 0.05) is 45.0 Å². The molecule has 0 heterocycles. The van der Waals surface area contributed by atoms with E-state index >= 15 is 0 Å². The maximum Gasteiger partial charge on any atom is 0.251 e. The summed E-state index contributed by atoms with van der Waals surface area (Å²) >= 11 is 0. The summed E-state index contributed by atoms with van der Waals surface area (Å²) < 4.78 is 52.1. The first-order valence-electron chi connectivity index (χ1n) is 31.1. The van der Waals surface area contributed by atoms with Crippen LogP contribution in [0.2, 0.25) is 0 Å². The summed E-state index contributed by atoms with van der Waals surface area (Å²) in [6.45, 7) is 9.91. The predicted molar refractivity (Wildman–Crippen MR) is 362 cm³/mol. The SMILES string of the molecule is CCS(=O)(=O)Nc1ccc(C(=O)N[C@@H]2CCc3cc(C)ccc32)cc1.Cc1ccc2c(c1)CC[C@@H]2NC(=O)c1ccc(N)cc1.Cc1ccc2c(c1)CC[C@H]2NC(=O)c1ccc(N)cc1.Cc1ccc2c(c1)CC[C@H]2NC(=O)c1ccc(NS(=O)(=O)C2CC2)cc1. The third kappa shape index (κ3) is 16.8. The lowest BCUT2D eigenvalue weighted by Crippen LogP contribution is -2.27. The van der Waals surface area contributed by atoms with Gasteiger partial charge >= 0.3 is 0 Å². The van der Waals surface area contributed by atoms with Crippen LogP contribution >= 0.6 is 0 Å². The van der Waals surface area contributed by atoms with Crippen LogP contribution < -0.4 is 42.2 Å². The van der Waals surface area contributed by atoms with Gasteiger partial charge in [-0.2, -0.15) is 0 Å². The van der Waals surface area contributed by atoms with Crippen molar-refractivity contribution in [1.29, 1.82) is 0 Å². The summed E-state index contributed by atoms with van der Waals surface area (Å²) in [7, 11) is -6.59. The molecular formula is C73H80N8O8S2. The minimum absolute atomic E-state index is 0.00972. The van der Waals surface area contributed by atoms with E-state index in [1.165, 1.54) is 66.8 Å². The van der Waals surface area contributed by atoms with Gasteiger partial charge in [-0.3, -0.25) is 28.6 Å². The van der Waals surface area contributed by atoms with E-state index < -0.39 is 20.0 Å². The standard InChI is InChI=1S/C20H22N2O3S.C19H22N2O3S.2C17H18N2O/c1-13-2-10-18-15(12-13)5-11-19(18)21-20(23)14-3-6-16(7-4-14)22-26(24,25)17-8-9-17;1-3-25(23,24)21-16-8-5-14(6-9-16)19(22)20-18-11-7-15-12-13(2)4-10-17(15)18;2*1-11-2-8-15-13(10-11)5-9-16(15)19-17(20)12-3-6-14(18)7-4-12/h2-4,6-7,10,12,17,19,22H,5,8-9,11H2,1H3,(H,21,23);4-6,8-10,12,18,21H,3,7,11H2,1-2H3,(H,20,22);2*2-4,6-8,10,16H,5,9,18H2,1H3,(H,19,20)/t19-;18-;2*16-/m1110/s1. The molecule has 91 heavy (non-hydrogen) atoms. The van der Waals surface area contributed by atoms with Crippen molar-refractivity contribution in [3.05, 3.63) is 259 Å². The number of anilines is 4. The van der Waals surface area contributed by atoms with Crippen LogP contribution in [0.5, 0.6) is 0 Å². The van der Waals surface area contributed by atoms with E-state index in [2.05, 4.69) is 131 Å². The number of hydrogen-bond donors (Lipinski definition) is 8. The Kier molecular flexibility index (Phi) is 20.1. The van der Waals surface area contributed by atoms with Crippen molar-refractivity contribution >= 4 is 66.4 Å². The van der Waals surface area contributed by atoms with Crippen LogP contribution in [-0.2, 0) is 45.7 Å². The van der Waals surface area contributed by atoms with Crippen molar-refractivity contribution in [3.63, 3.8) is 0 Å². The van der Waals surface area contributed by atoms with Crippen molar-refractivity contribution in [2.45, 2.75) is 128 Å². The first kappa shape index (κ1) is 64.7. The molecule has 0 unspecified atom stereocenters. The second-order valence-corrected chi connectivity index (χ2v) is 28.3. The average molecular weight is 1260 g/mol. The number of hydrogen-bond acceptors (Lipinski definition) is 10. The number of carbonyl (C=O) groups excluding carboxylic acids is 4. The van der Waals surface area contributed by atoms with Gasteiger partial charge in [0.1, 0.15) is 0 Å². The Bertz CT molecular complexity index is 4100. The van der Waals surface area contributed by atoms with Gasteiger partial charge in [0.2, 0.25) is 20.0 Å². The number of fused-ring (bicyclic) bond motifs is 4. The molecule has 5 aliphatic rings. The van der Waals surface area contributed by atoms with Crippen LogP contribution in [0.3, 0.4) is 0 Å². The smallest absolute Gasteiger partial charge is 0.251 e. The minimum Gasteiger partial charge on any atom is -0.399 e. The van der Waals surface area contributed by atoms with Crippen molar-refractivity contribution in [3.8, 4) is 0 Å². The molecule has 0 spiro atoms. The van der Waals surface area contributed by atoms with E-state index in [9.17, 15) is 36.0 Å². The molecule has 4 amide bonds. The van der Waals surface area contributed by atoms with E-state index in [4.69, 9.17) is 11.5 Å². The largest absolute Gasteiger partial charge is 0.399 e. The van der Waals surface area contributed by atoms with Crippen LogP contribution in [0.25, 0.3) is 0 Å². The third-order valence-corrected chi connectivity index (χ3v) is 20.4. The number of carbonyl (C=O) groups is 4. The highest BCUT2D eigenvalue weighted by molar-refractivity contribution is 7.93. The fourth-order valence-electron chi connectivity index (χ4n) is 12.1. The van der Waals surface area contributed by atoms with Gasteiger partial charge in [0.05, 0.1) is 35.2 Å². The Balaban J connectivity index is 0.000000134. The Labute approximate surface area is 534 Å². The van der Waals surface area contributed by atoms with Crippen molar-refractivity contribution < 1.29 is 36.0 Å². The number of amides is 4. The Morgan fingerprint density at radius 3 is 0.901 bits per heavy atom. The maximum absolute atomic E-state index is 12.5.